The Morgan fingerprint density at radius 2 is 1.07 bits per heavy atom. The Morgan fingerprint density at radius 1 is 0.520 bits per heavy atom. The fraction of sp³-hybridized carbons (Fsp3) is 1.00. The zero-order chi connectivity index (χ0) is 53.8. The summed E-state index contributed by atoms with van der Waals surface area (Å²) in [4.78, 5) is 0. The highest BCUT2D eigenvalue weighted by Crippen LogP contribution is 2.71. The van der Waals surface area contributed by atoms with Gasteiger partial charge in [-0.25, -0.2) is 0 Å². The Hall–Kier alpha value is -0.960. The number of hydrogen-bond donors (Lipinski definition) is 14. The van der Waals surface area contributed by atoms with Gasteiger partial charge in [0.1, 0.15) is 97.7 Å². The fourth-order valence-corrected chi connectivity index (χ4v) is 16.1. The number of aliphatic hydroxyl groups is 14. The van der Waals surface area contributed by atoms with Crippen molar-refractivity contribution in [3.63, 3.8) is 0 Å². The number of ether oxygens (including phenoxy) is 10. The van der Waals surface area contributed by atoms with Crippen LogP contribution in [0.5, 0.6) is 0 Å². The van der Waals surface area contributed by atoms with Gasteiger partial charge in [-0.1, -0.05) is 27.7 Å². The third-order valence-electron chi connectivity index (χ3n) is 20.4. The van der Waals surface area contributed by atoms with Crippen molar-refractivity contribution in [3.05, 3.63) is 0 Å². The Balaban J connectivity index is 0.822. The van der Waals surface area contributed by atoms with Crippen LogP contribution >= 0.6 is 0 Å². The Morgan fingerprint density at radius 3 is 1.65 bits per heavy atom. The molecule has 0 amide bonds. The minimum Gasteiger partial charge on any atom is -0.394 e. The number of hydrogen-bond acceptors (Lipinski definition) is 24. The summed E-state index contributed by atoms with van der Waals surface area (Å²) in [5.74, 6) is 2.26. The van der Waals surface area contributed by atoms with Gasteiger partial charge in [0.25, 0.3) is 0 Å². The van der Waals surface area contributed by atoms with Crippen LogP contribution in [-0.2, 0) is 47.4 Å². The summed E-state index contributed by atoms with van der Waals surface area (Å²) in [5.41, 5.74) is -0.0790. The lowest BCUT2D eigenvalue weighted by atomic mass is 9.44. The van der Waals surface area contributed by atoms with Crippen molar-refractivity contribution < 1.29 is 119 Å². The predicted octanol–water partition coefficient (Wildman–Crippen LogP) is -3.94. The average molecular weight is 1080 g/mol. The summed E-state index contributed by atoms with van der Waals surface area (Å²) in [6, 6.07) is 0. The lowest BCUT2D eigenvalue weighted by molar-refractivity contribution is -0.395. The van der Waals surface area contributed by atoms with E-state index in [0.29, 0.717) is 48.3 Å². The first-order valence-electron chi connectivity index (χ1n) is 27.4. The number of rotatable bonds is 12. The van der Waals surface area contributed by atoms with E-state index in [1.54, 1.807) is 0 Å². The first-order chi connectivity index (χ1) is 35.6. The van der Waals surface area contributed by atoms with Crippen LogP contribution in [0.15, 0.2) is 0 Å². The van der Waals surface area contributed by atoms with Gasteiger partial charge < -0.3 is 119 Å². The molecule has 24 nitrogen and oxygen atoms in total. The maximum atomic E-state index is 12.0. The Labute approximate surface area is 435 Å². The van der Waals surface area contributed by atoms with E-state index < -0.39 is 167 Å². The average Bonchev–Trinajstić information content (AvgIpc) is 3.86. The summed E-state index contributed by atoms with van der Waals surface area (Å²) in [5, 5.41) is 151. The molecule has 14 N–H and O–H groups in total. The second-order valence-electron chi connectivity index (χ2n) is 24.5. The molecule has 33 unspecified atom stereocenters. The summed E-state index contributed by atoms with van der Waals surface area (Å²) in [6.45, 7) is 6.79. The highest BCUT2D eigenvalue weighted by Gasteiger charge is 2.70. The SMILES string of the molecule is CC1CCC2(OC1)OC1CC3C4CCC5CC(OC6OC(COC7OC(CO)C(O)C(OC8OC(CO)C(O)C(O)C8O)C7OC7OC(CO)C(O)C(O)C7O)C(O)C(O)C6O)C(O)CC5(C)C4CCC3(C)C1C2C. The van der Waals surface area contributed by atoms with Gasteiger partial charge in [0.05, 0.1) is 51.3 Å². The van der Waals surface area contributed by atoms with Crippen LogP contribution in [0.25, 0.3) is 0 Å². The predicted molar refractivity (Wildman–Crippen MR) is 250 cm³/mol. The molecule has 4 aliphatic carbocycles. The molecule has 1 spiro atoms. The molecular weight excluding hydrogens is 997 g/mol. The smallest absolute Gasteiger partial charge is 0.187 e. The first-order valence-corrected chi connectivity index (χ1v) is 27.4. The number of fused-ring (bicyclic) bond motifs is 7. The Kier molecular flexibility index (Phi) is 16.9. The molecule has 6 saturated heterocycles. The van der Waals surface area contributed by atoms with Gasteiger partial charge in [-0.05, 0) is 97.7 Å². The van der Waals surface area contributed by atoms with E-state index >= 15 is 0 Å². The molecule has 0 bridgehead atoms. The van der Waals surface area contributed by atoms with E-state index in [0.717, 1.165) is 51.6 Å². The molecule has 0 aromatic heterocycles. The molecule has 6 aliphatic heterocycles. The zero-order valence-electron chi connectivity index (χ0n) is 43.1. The molecule has 4 saturated carbocycles. The van der Waals surface area contributed by atoms with Gasteiger partial charge in [-0.2, -0.15) is 0 Å². The van der Waals surface area contributed by atoms with Crippen LogP contribution in [0.3, 0.4) is 0 Å². The van der Waals surface area contributed by atoms with Crippen LogP contribution in [0.1, 0.15) is 85.5 Å². The van der Waals surface area contributed by atoms with Crippen molar-refractivity contribution >= 4 is 0 Å². The van der Waals surface area contributed by atoms with E-state index in [2.05, 4.69) is 27.7 Å². The monoisotopic (exact) mass is 1080 g/mol. The van der Waals surface area contributed by atoms with Crippen molar-refractivity contribution in [1.29, 1.82) is 0 Å². The van der Waals surface area contributed by atoms with Gasteiger partial charge in [-0.3, -0.25) is 0 Å². The molecule has 10 aliphatic rings. The lowest BCUT2D eigenvalue weighted by Crippen LogP contribution is -2.67. The molecule has 33 atom stereocenters. The lowest BCUT2D eigenvalue weighted by Gasteiger charge is -2.62. The van der Waals surface area contributed by atoms with E-state index in [1.807, 2.05) is 0 Å². The molecule has 0 aromatic rings. The van der Waals surface area contributed by atoms with Gasteiger partial charge in [0.15, 0.2) is 30.9 Å². The summed E-state index contributed by atoms with van der Waals surface area (Å²) >= 11 is 0. The highest BCUT2D eigenvalue weighted by atomic mass is 16.8. The second-order valence-corrected chi connectivity index (χ2v) is 24.5. The first kappa shape index (κ1) is 57.3. The summed E-state index contributed by atoms with van der Waals surface area (Å²) in [7, 11) is 0. The van der Waals surface area contributed by atoms with E-state index in [4.69, 9.17) is 47.4 Å². The van der Waals surface area contributed by atoms with Crippen molar-refractivity contribution in [2.45, 2.75) is 232 Å². The molecule has 0 radical (unpaired) electrons. The zero-order valence-corrected chi connectivity index (χ0v) is 43.1. The Bertz CT molecular complexity index is 1910. The standard InChI is InChI=1S/C51H84O24/c1-19-7-10-51(67-17-19)20(2)32-27(75-51)12-24-22-6-5-21-11-26(25(55)13-50(21,4)23(22)8-9-49(24,32)3)68-45-40(63)39(62)35(58)31(72-45)18-66-48-44(74-47-42(65)38(61)34(57)29(15-53)70-47)43(36(59)30(16-54)71-48)73-46-41(64)37(60)33(56)28(14-52)69-46/h19-48,52-65H,5-18H2,1-4H3. The largest absolute Gasteiger partial charge is 0.394 e. The minimum atomic E-state index is -2.02. The maximum Gasteiger partial charge on any atom is 0.187 e. The molecule has 432 valence electrons. The van der Waals surface area contributed by atoms with Gasteiger partial charge in [-0.15, -0.1) is 0 Å². The quantitative estimate of drug-likeness (QED) is 0.0830. The van der Waals surface area contributed by atoms with Crippen molar-refractivity contribution in [2.24, 2.45) is 52.3 Å². The van der Waals surface area contributed by atoms with Gasteiger partial charge >= 0.3 is 0 Å². The van der Waals surface area contributed by atoms with Crippen molar-refractivity contribution in [3.8, 4) is 0 Å². The summed E-state index contributed by atoms with van der Waals surface area (Å²) in [6.07, 6.45) is -29.6. The topological polar surface area (TPSA) is 376 Å². The van der Waals surface area contributed by atoms with E-state index in [1.165, 1.54) is 0 Å². The molecule has 10 fully saturated rings. The normalized spacial score (nSPS) is 58.0. The third kappa shape index (κ3) is 9.89. The number of aliphatic hydroxyl groups excluding tert-OH is 14. The van der Waals surface area contributed by atoms with E-state index in [-0.39, 0.29) is 22.9 Å². The van der Waals surface area contributed by atoms with Crippen LogP contribution < -0.4 is 0 Å². The third-order valence-corrected chi connectivity index (χ3v) is 20.4. The van der Waals surface area contributed by atoms with Crippen molar-refractivity contribution in [2.75, 3.05) is 33.0 Å². The van der Waals surface area contributed by atoms with Crippen LogP contribution in [-0.4, -0.2) is 251 Å². The maximum absolute atomic E-state index is 12.0. The fourth-order valence-electron chi connectivity index (χ4n) is 16.1. The minimum absolute atomic E-state index is 0.121. The van der Waals surface area contributed by atoms with Crippen LogP contribution in [0, 0.1) is 52.3 Å². The highest BCUT2D eigenvalue weighted by molar-refractivity contribution is 5.16. The molecule has 10 rings (SSSR count). The van der Waals surface area contributed by atoms with Crippen LogP contribution in [0.4, 0.5) is 0 Å². The van der Waals surface area contributed by atoms with Gasteiger partial charge in [0, 0.05) is 12.3 Å². The van der Waals surface area contributed by atoms with Crippen LogP contribution in [0.2, 0.25) is 0 Å². The van der Waals surface area contributed by atoms with E-state index in [9.17, 15) is 71.5 Å². The molecule has 6 heterocycles. The molecule has 24 heteroatoms. The van der Waals surface area contributed by atoms with Crippen molar-refractivity contribution in [1.82, 2.24) is 0 Å². The molecule has 0 aromatic carbocycles. The second kappa shape index (κ2) is 22.1. The molecule has 75 heavy (non-hydrogen) atoms. The molecular formula is C51H84O24. The summed E-state index contributed by atoms with van der Waals surface area (Å²) < 4.78 is 61.1. The van der Waals surface area contributed by atoms with Gasteiger partial charge in [0.2, 0.25) is 0 Å².